The van der Waals surface area contributed by atoms with Gasteiger partial charge in [0.15, 0.2) is 5.79 Å². The van der Waals surface area contributed by atoms with Gasteiger partial charge in [-0.05, 0) is 24.1 Å². The smallest absolute Gasteiger partial charge is 0.172 e. The van der Waals surface area contributed by atoms with E-state index in [0.29, 0.717) is 5.92 Å². The Bertz CT molecular complexity index is 536. The Balaban J connectivity index is 2.00. The Labute approximate surface area is 126 Å². The summed E-state index contributed by atoms with van der Waals surface area (Å²) in [7, 11) is 0. The van der Waals surface area contributed by atoms with Crippen molar-refractivity contribution in [2.45, 2.75) is 51.6 Å². The van der Waals surface area contributed by atoms with Crippen LogP contribution in [-0.4, -0.2) is 17.0 Å². The number of phenols is 1. The first kappa shape index (κ1) is 14.6. The molecule has 0 amide bonds. The van der Waals surface area contributed by atoms with E-state index >= 15 is 0 Å². The molecule has 114 valence electrons. The molecule has 4 atom stereocenters. The number of fused-ring (bicyclic) bond motifs is 2. The molecule has 2 heterocycles. The predicted molar refractivity (Wildman–Crippen MR) is 81.9 cm³/mol. The second-order valence-corrected chi connectivity index (χ2v) is 6.84. The lowest BCUT2D eigenvalue weighted by Gasteiger charge is -2.42. The van der Waals surface area contributed by atoms with E-state index in [2.05, 4.69) is 27.4 Å². The summed E-state index contributed by atoms with van der Waals surface area (Å²) in [6.45, 7) is 10.5. The average Bonchev–Trinajstić information content (AvgIpc) is 2.82. The molecule has 0 saturated carbocycles. The van der Waals surface area contributed by atoms with E-state index in [4.69, 9.17) is 9.47 Å². The third-order valence-corrected chi connectivity index (χ3v) is 5.16. The summed E-state index contributed by atoms with van der Waals surface area (Å²) in [5.74, 6) is 0.0811. The van der Waals surface area contributed by atoms with Crippen molar-refractivity contribution in [2.24, 2.45) is 11.3 Å². The molecule has 3 nitrogen and oxygen atoms in total. The fourth-order valence-corrected chi connectivity index (χ4v) is 3.45. The highest BCUT2D eigenvalue weighted by Crippen LogP contribution is 2.56. The second-order valence-electron chi connectivity index (χ2n) is 6.84. The Kier molecular flexibility index (Phi) is 3.38. The Morgan fingerprint density at radius 3 is 2.48 bits per heavy atom. The number of phenolic OH excluding ortho intramolecular Hbond substituents is 1. The molecule has 2 fully saturated rings. The Morgan fingerprint density at radius 1 is 1.24 bits per heavy atom. The number of hydrogen-bond donors (Lipinski definition) is 1. The molecular formula is C18H24O3. The summed E-state index contributed by atoms with van der Waals surface area (Å²) < 4.78 is 12.8. The lowest BCUT2D eigenvalue weighted by Crippen LogP contribution is -2.46. The first-order valence-corrected chi connectivity index (χ1v) is 7.68. The molecule has 2 saturated heterocycles. The van der Waals surface area contributed by atoms with Crippen LogP contribution >= 0.6 is 0 Å². The summed E-state index contributed by atoms with van der Waals surface area (Å²) in [6.07, 6.45) is 3.77. The van der Waals surface area contributed by atoms with Crippen molar-refractivity contribution in [2.75, 3.05) is 0 Å². The maximum absolute atomic E-state index is 9.49. The number of benzene rings is 1. The fourth-order valence-electron chi connectivity index (χ4n) is 3.45. The van der Waals surface area contributed by atoms with Crippen LogP contribution in [0.1, 0.15) is 45.3 Å². The number of aromatic hydroxyl groups is 1. The van der Waals surface area contributed by atoms with Gasteiger partial charge in [-0.2, -0.15) is 0 Å². The van der Waals surface area contributed by atoms with E-state index in [0.717, 1.165) is 18.4 Å². The standard InChI is InChI=1S/C18H24O3/c1-5-17(4)10-11-18(12(2)3)20-15(16(17)21-18)13-6-8-14(19)9-7-13/h5-9,12,15-16,19H,1,10-11H2,2-4H3/t15?,16-,17+,18?/m1/s1. The maximum Gasteiger partial charge on any atom is 0.172 e. The zero-order valence-electron chi connectivity index (χ0n) is 13.0. The third-order valence-electron chi connectivity index (χ3n) is 5.16. The van der Waals surface area contributed by atoms with Crippen molar-refractivity contribution < 1.29 is 14.6 Å². The zero-order valence-corrected chi connectivity index (χ0v) is 13.0. The molecule has 2 unspecified atom stereocenters. The van der Waals surface area contributed by atoms with Gasteiger partial charge in [-0.15, -0.1) is 6.58 Å². The first-order chi connectivity index (χ1) is 9.90. The fraction of sp³-hybridized carbons (Fsp3) is 0.556. The largest absolute Gasteiger partial charge is 0.508 e. The average molecular weight is 288 g/mol. The van der Waals surface area contributed by atoms with Gasteiger partial charge in [-0.3, -0.25) is 0 Å². The van der Waals surface area contributed by atoms with Gasteiger partial charge in [-0.25, -0.2) is 0 Å². The van der Waals surface area contributed by atoms with Gasteiger partial charge in [0.2, 0.25) is 0 Å². The van der Waals surface area contributed by atoms with E-state index in [1.807, 2.05) is 18.2 Å². The molecule has 21 heavy (non-hydrogen) atoms. The van der Waals surface area contributed by atoms with Crippen LogP contribution in [0.25, 0.3) is 0 Å². The van der Waals surface area contributed by atoms with Crippen molar-refractivity contribution in [3.8, 4) is 5.75 Å². The van der Waals surface area contributed by atoms with E-state index in [1.54, 1.807) is 12.1 Å². The highest BCUT2D eigenvalue weighted by Gasteiger charge is 2.59. The topological polar surface area (TPSA) is 38.7 Å². The van der Waals surface area contributed by atoms with Gasteiger partial charge >= 0.3 is 0 Å². The molecule has 1 aromatic rings. The van der Waals surface area contributed by atoms with Crippen LogP contribution < -0.4 is 0 Å². The van der Waals surface area contributed by atoms with Crippen molar-refractivity contribution >= 4 is 0 Å². The second kappa shape index (κ2) is 4.85. The number of rotatable bonds is 3. The van der Waals surface area contributed by atoms with Crippen LogP contribution in [0, 0.1) is 11.3 Å². The van der Waals surface area contributed by atoms with Crippen LogP contribution in [0.5, 0.6) is 5.75 Å². The lowest BCUT2D eigenvalue weighted by molar-refractivity contribution is -0.235. The van der Waals surface area contributed by atoms with Gasteiger partial charge < -0.3 is 14.6 Å². The zero-order chi connectivity index (χ0) is 15.3. The monoisotopic (exact) mass is 288 g/mol. The molecule has 0 aromatic heterocycles. The minimum Gasteiger partial charge on any atom is -0.508 e. The van der Waals surface area contributed by atoms with E-state index in [-0.39, 0.29) is 23.4 Å². The van der Waals surface area contributed by atoms with Gasteiger partial charge in [0, 0.05) is 17.8 Å². The quantitative estimate of drug-likeness (QED) is 0.848. The Hall–Kier alpha value is -1.32. The van der Waals surface area contributed by atoms with Crippen molar-refractivity contribution in [3.05, 3.63) is 42.5 Å². The van der Waals surface area contributed by atoms with Gasteiger partial charge in [0.05, 0.1) is 0 Å². The summed E-state index contributed by atoms with van der Waals surface area (Å²) >= 11 is 0. The molecule has 1 aromatic carbocycles. The number of hydrogen-bond acceptors (Lipinski definition) is 3. The Morgan fingerprint density at radius 2 is 1.90 bits per heavy atom. The van der Waals surface area contributed by atoms with Gasteiger partial charge in [0.25, 0.3) is 0 Å². The lowest BCUT2D eigenvalue weighted by atomic mass is 9.74. The maximum atomic E-state index is 9.49. The van der Waals surface area contributed by atoms with Gasteiger partial charge in [0.1, 0.15) is 18.0 Å². The van der Waals surface area contributed by atoms with Crippen molar-refractivity contribution in [1.82, 2.24) is 0 Å². The van der Waals surface area contributed by atoms with Crippen molar-refractivity contribution in [3.63, 3.8) is 0 Å². The molecule has 3 rings (SSSR count). The normalized spacial score (nSPS) is 38.7. The van der Waals surface area contributed by atoms with E-state index in [1.165, 1.54) is 0 Å². The first-order valence-electron chi connectivity index (χ1n) is 7.68. The number of ether oxygens (including phenoxy) is 2. The van der Waals surface area contributed by atoms with Crippen LogP contribution in [0.15, 0.2) is 36.9 Å². The highest BCUT2D eigenvalue weighted by atomic mass is 16.8. The summed E-state index contributed by atoms with van der Waals surface area (Å²) in [6, 6.07) is 7.24. The van der Waals surface area contributed by atoms with Gasteiger partial charge in [-0.1, -0.05) is 39.0 Å². The molecule has 0 spiro atoms. The molecule has 2 bridgehead atoms. The predicted octanol–water partition coefficient (Wildman–Crippen LogP) is 4.19. The summed E-state index contributed by atoms with van der Waals surface area (Å²) in [5.41, 5.74) is 0.965. The molecule has 0 radical (unpaired) electrons. The minimum absolute atomic E-state index is 0.0318. The highest BCUT2D eigenvalue weighted by molar-refractivity contribution is 5.30. The molecule has 1 N–H and O–H groups in total. The van der Waals surface area contributed by atoms with Crippen LogP contribution in [0.4, 0.5) is 0 Å². The molecule has 3 heteroatoms. The molecule has 0 aliphatic carbocycles. The van der Waals surface area contributed by atoms with Crippen LogP contribution in [-0.2, 0) is 9.47 Å². The summed E-state index contributed by atoms with van der Waals surface area (Å²) in [5, 5.41) is 9.49. The SMILES string of the molecule is C=C[C@@]1(C)CCC2(C(C)C)OC(c3ccc(O)cc3)[C@H]1O2. The van der Waals surface area contributed by atoms with Crippen molar-refractivity contribution in [1.29, 1.82) is 0 Å². The van der Waals surface area contributed by atoms with Crippen LogP contribution in [0.2, 0.25) is 0 Å². The minimum atomic E-state index is -0.490. The summed E-state index contributed by atoms with van der Waals surface area (Å²) in [4.78, 5) is 0. The molecule has 2 aliphatic rings. The third kappa shape index (κ3) is 2.19. The van der Waals surface area contributed by atoms with E-state index in [9.17, 15) is 5.11 Å². The van der Waals surface area contributed by atoms with E-state index < -0.39 is 5.79 Å². The molecule has 2 aliphatic heterocycles. The van der Waals surface area contributed by atoms with Crippen LogP contribution in [0.3, 0.4) is 0 Å². The molecular weight excluding hydrogens is 264 g/mol.